The molecule has 13 heteroatoms. The maximum atomic E-state index is 13.9. The molecule has 48 heavy (non-hydrogen) atoms. The number of alkyl carbamates (subject to hydrolysis) is 1. The van der Waals surface area contributed by atoms with E-state index >= 15 is 0 Å². The molecule has 2 aromatic rings. The zero-order valence-corrected chi connectivity index (χ0v) is 27.8. The van der Waals surface area contributed by atoms with Crippen molar-refractivity contribution in [3.05, 3.63) is 71.8 Å². The van der Waals surface area contributed by atoms with Crippen molar-refractivity contribution in [3.63, 3.8) is 0 Å². The van der Waals surface area contributed by atoms with E-state index in [1.807, 2.05) is 12.1 Å². The minimum absolute atomic E-state index is 0.0486. The molecule has 4 amide bonds. The summed E-state index contributed by atoms with van der Waals surface area (Å²) in [6.45, 7) is 6.75. The van der Waals surface area contributed by atoms with Gasteiger partial charge in [0.2, 0.25) is 11.8 Å². The molecule has 2 fully saturated rings. The molecule has 0 aromatic heterocycles. The fourth-order valence-electron chi connectivity index (χ4n) is 5.61. The lowest BCUT2D eigenvalue weighted by Gasteiger charge is -2.32. The van der Waals surface area contributed by atoms with Crippen LogP contribution in [0.5, 0.6) is 0 Å². The Morgan fingerprint density at radius 2 is 1.54 bits per heavy atom. The highest BCUT2D eigenvalue weighted by Gasteiger charge is 2.42. The number of hydrogen-bond donors (Lipinski definition) is 3. The predicted molar refractivity (Wildman–Crippen MR) is 174 cm³/mol. The van der Waals surface area contributed by atoms with Crippen LogP contribution in [0.2, 0.25) is 0 Å². The lowest BCUT2D eigenvalue weighted by Crippen LogP contribution is -2.58. The van der Waals surface area contributed by atoms with Crippen LogP contribution in [0.25, 0.3) is 0 Å². The summed E-state index contributed by atoms with van der Waals surface area (Å²) in [7, 11) is 0. The number of aliphatic hydroxyl groups is 1. The van der Waals surface area contributed by atoms with Crippen molar-refractivity contribution in [1.29, 1.82) is 0 Å². The molecule has 4 rings (SSSR count). The van der Waals surface area contributed by atoms with E-state index in [1.54, 1.807) is 74.2 Å². The summed E-state index contributed by atoms with van der Waals surface area (Å²) < 4.78 is 16.2. The van der Waals surface area contributed by atoms with Crippen molar-refractivity contribution < 1.29 is 43.3 Å². The van der Waals surface area contributed by atoms with E-state index in [9.17, 15) is 29.1 Å². The second-order valence-electron chi connectivity index (χ2n) is 12.9. The van der Waals surface area contributed by atoms with Gasteiger partial charge in [0.05, 0.1) is 25.7 Å². The van der Waals surface area contributed by atoms with Gasteiger partial charge in [-0.1, -0.05) is 60.7 Å². The summed E-state index contributed by atoms with van der Waals surface area (Å²) in [6.07, 6.45) is -2.09. The molecular weight excluding hydrogens is 620 g/mol. The number of carbonyl (C=O) groups excluding carboxylic acids is 5. The maximum Gasteiger partial charge on any atom is 0.408 e. The van der Waals surface area contributed by atoms with Crippen LogP contribution in [-0.4, -0.2) is 107 Å². The van der Waals surface area contributed by atoms with E-state index in [4.69, 9.17) is 14.2 Å². The zero-order valence-electron chi connectivity index (χ0n) is 27.8. The number of amides is 4. The molecule has 0 saturated carbocycles. The number of likely N-dealkylation sites (tertiary alicyclic amines) is 1. The highest BCUT2D eigenvalue weighted by Crippen LogP contribution is 2.23. The van der Waals surface area contributed by atoms with Crippen molar-refractivity contribution in [2.24, 2.45) is 0 Å². The number of esters is 1. The van der Waals surface area contributed by atoms with E-state index in [-0.39, 0.29) is 31.9 Å². The molecule has 0 spiro atoms. The van der Waals surface area contributed by atoms with Crippen LogP contribution in [0.1, 0.15) is 51.2 Å². The first-order valence-corrected chi connectivity index (χ1v) is 16.3. The lowest BCUT2D eigenvalue weighted by molar-refractivity contribution is -0.165. The molecule has 3 N–H and O–H groups in total. The zero-order chi connectivity index (χ0) is 34.7. The number of morpholine rings is 1. The van der Waals surface area contributed by atoms with Crippen LogP contribution >= 0.6 is 0 Å². The summed E-state index contributed by atoms with van der Waals surface area (Å²) in [5.74, 6) is -2.47. The van der Waals surface area contributed by atoms with E-state index < -0.39 is 53.7 Å². The Morgan fingerprint density at radius 3 is 2.17 bits per heavy atom. The Balaban J connectivity index is 1.52. The fraction of sp³-hybridized carbons (Fsp3) is 0.514. The van der Waals surface area contributed by atoms with Gasteiger partial charge in [0, 0.05) is 19.6 Å². The molecule has 260 valence electrons. The lowest BCUT2D eigenvalue weighted by atomic mass is 9.99. The number of benzene rings is 2. The topological polar surface area (TPSA) is 164 Å². The molecule has 1 unspecified atom stereocenters. The Bertz CT molecular complexity index is 1390. The standard InChI is InChI=1S/C35H46N4O9/c1-35(2,3)48-33(44)28-15-10-16-39(28)32(43)30(41)26(21-24-11-6-4-7-12-24)36-31(42)27(22-29(40)38-17-19-46-20-18-38)37-34(45)47-23-25-13-8-5-9-14-25/h4-9,11-14,26-28,30,41H,10,15-23H2,1-3H3,(H,36,42)(H,37,45)/t26-,27-,28-,30?/m0/s1. The third-order valence-electron chi connectivity index (χ3n) is 8.04. The van der Waals surface area contributed by atoms with Crippen molar-refractivity contribution in [1.82, 2.24) is 20.4 Å². The molecular formula is C35H46N4O9. The number of hydrogen-bond acceptors (Lipinski definition) is 9. The molecule has 2 aromatic carbocycles. The number of nitrogens with zero attached hydrogens (tertiary/aromatic N) is 2. The summed E-state index contributed by atoms with van der Waals surface area (Å²) >= 11 is 0. The van der Waals surface area contributed by atoms with Crippen LogP contribution in [-0.2, 0) is 46.4 Å². The van der Waals surface area contributed by atoms with Crippen LogP contribution in [0.15, 0.2) is 60.7 Å². The van der Waals surface area contributed by atoms with Gasteiger partial charge in [-0.15, -0.1) is 0 Å². The number of nitrogens with one attached hydrogen (secondary N) is 2. The minimum Gasteiger partial charge on any atom is -0.458 e. The summed E-state index contributed by atoms with van der Waals surface area (Å²) in [4.78, 5) is 69.5. The van der Waals surface area contributed by atoms with E-state index in [0.29, 0.717) is 39.1 Å². The SMILES string of the molecule is CC(C)(C)OC(=O)[C@@H]1CCCN1C(=O)C(O)[C@H](Cc1ccccc1)NC(=O)[C@H](CC(=O)N1CCOCC1)NC(=O)OCc1ccccc1. The normalized spacial score (nSPS) is 18.3. The van der Waals surface area contributed by atoms with E-state index in [1.165, 1.54) is 4.90 Å². The molecule has 2 aliphatic rings. The van der Waals surface area contributed by atoms with E-state index in [2.05, 4.69) is 10.6 Å². The maximum absolute atomic E-state index is 13.9. The van der Waals surface area contributed by atoms with Crippen molar-refractivity contribution in [2.45, 2.75) is 82.9 Å². The monoisotopic (exact) mass is 666 g/mol. The average molecular weight is 667 g/mol. The number of carbonyl (C=O) groups is 5. The van der Waals surface area contributed by atoms with Gasteiger partial charge < -0.3 is 39.8 Å². The van der Waals surface area contributed by atoms with Gasteiger partial charge in [0.25, 0.3) is 5.91 Å². The molecule has 13 nitrogen and oxygen atoms in total. The van der Waals surface area contributed by atoms with Gasteiger partial charge in [-0.2, -0.15) is 0 Å². The minimum atomic E-state index is -1.75. The van der Waals surface area contributed by atoms with Crippen molar-refractivity contribution in [3.8, 4) is 0 Å². The molecule has 0 radical (unpaired) electrons. The third-order valence-corrected chi connectivity index (χ3v) is 8.04. The average Bonchev–Trinajstić information content (AvgIpc) is 3.57. The Hall–Kier alpha value is -4.49. The molecule has 4 atom stereocenters. The van der Waals surface area contributed by atoms with Crippen LogP contribution in [0.4, 0.5) is 4.79 Å². The molecule has 0 aliphatic carbocycles. The summed E-state index contributed by atoms with van der Waals surface area (Å²) in [5, 5.41) is 16.7. The smallest absolute Gasteiger partial charge is 0.408 e. The fourth-order valence-corrected chi connectivity index (χ4v) is 5.61. The molecule has 2 aliphatic heterocycles. The first-order valence-electron chi connectivity index (χ1n) is 16.3. The van der Waals surface area contributed by atoms with Gasteiger partial charge in [-0.25, -0.2) is 9.59 Å². The van der Waals surface area contributed by atoms with Crippen LogP contribution in [0, 0.1) is 0 Å². The number of rotatable bonds is 12. The highest BCUT2D eigenvalue weighted by molar-refractivity contribution is 5.92. The van der Waals surface area contributed by atoms with Crippen molar-refractivity contribution in [2.75, 3.05) is 32.8 Å². The van der Waals surface area contributed by atoms with Crippen LogP contribution < -0.4 is 10.6 Å². The second kappa shape index (κ2) is 17.1. The first-order chi connectivity index (χ1) is 22.9. The summed E-state index contributed by atoms with van der Waals surface area (Å²) in [6, 6.07) is 14.5. The van der Waals surface area contributed by atoms with Gasteiger partial charge in [-0.05, 0) is 51.2 Å². The molecule has 2 saturated heterocycles. The Labute approximate surface area is 280 Å². The van der Waals surface area contributed by atoms with Crippen molar-refractivity contribution >= 4 is 29.8 Å². The highest BCUT2D eigenvalue weighted by atomic mass is 16.6. The largest absolute Gasteiger partial charge is 0.458 e. The first kappa shape index (κ1) is 36.3. The van der Waals surface area contributed by atoms with E-state index in [0.717, 1.165) is 11.1 Å². The summed E-state index contributed by atoms with van der Waals surface area (Å²) in [5.41, 5.74) is 0.685. The Kier molecular flexibility index (Phi) is 12.9. The van der Waals surface area contributed by atoms with Gasteiger partial charge in [0.1, 0.15) is 24.3 Å². The van der Waals surface area contributed by atoms with Gasteiger partial charge >= 0.3 is 12.1 Å². The second-order valence-corrected chi connectivity index (χ2v) is 12.9. The Morgan fingerprint density at radius 1 is 0.917 bits per heavy atom. The molecule has 0 bridgehead atoms. The number of ether oxygens (including phenoxy) is 3. The quantitative estimate of drug-likeness (QED) is 0.288. The third kappa shape index (κ3) is 10.8. The van der Waals surface area contributed by atoms with Crippen LogP contribution in [0.3, 0.4) is 0 Å². The molecule has 2 heterocycles. The number of aliphatic hydroxyl groups excluding tert-OH is 1. The predicted octanol–water partition coefficient (Wildman–Crippen LogP) is 1.95. The van der Waals surface area contributed by atoms with Gasteiger partial charge in [0.15, 0.2) is 6.10 Å². The van der Waals surface area contributed by atoms with Gasteiger partial charge in [-0.3, -0.25) is 14.4 Å².